The van der Waals surface area contributed by atoms with Crippen molar-refractivity contribution in [2.24, 2.45) is 11.1 Å². The predicted octanol–water partition coefficient (Wildman–Crippen LogP) is 5.10. The Balaban J connectivity index is 1.75. The Hall–Kier alpha value is -1.69. The maximum Gasteiger partial charge on any atom is 0.254 e. The number of allylic oxidation sites excluding steroid dienone is 1. The van der Waals surface area contributed by atoms with Gasteiger partial charge < -0.3 is 14.6 Å². The fourth-order valence-electron chi connectivity index (χ4n) is 3.41. The van der Waals surface area contributed by atoms with E-state index in [0.29, 0.717) is 48.2 Å². The van der Waals surface area contributed by atoms with Crippen LogP contribution in [0.5, 0.6) is 0 Å². The Morgan fingerprint density at radius 1 is 1.30 bits per heavy atom. The molecule has 160 valence electrons. The molecule has 30 heavy (non-hydrogen) atoms. The van der Waals surface area contributed by atoms with E-state index in [4.69, 9.17) is 22.3 Å². The van der Waals surface area contributed by atoms with E-state index in [-0.39, 0.29) is 9.83 Å². The molecule has 1 amide bonds. The summed E-state index contributed by atoms with van der Waals surface area (Å²) in [6.07, 6.45) is 0. The summed E-state index contributed by atoms with van der Waals surface area (Å²) in [5.41, 5.74) is 2.83. The highest BCUT2D eigenvalue weighted by atomic mass is 127. The van der Waals surface area contributed by atoms with Crippen LogP contribution >= 0.6 is 45.5 Å². The van der Waals surface area contributed by atoms with Crippen molar-refractivity contribution in [3.8, 4) is 0 Å². The first-order chi connectivity index (χ1) is 14.4. The highest BCUT2D eigenvalue weighted by Crippen LogP contribution is 2.39. The lowest BCUT2D eigenvalue weighted by atomic mass is 10.1. The fraction of sp³-hybridized carbons (Fsp3) is 0.350. The van der Waals surface area contributed by atoms with E-state index < -0.39 is 0 Å². The van der Waals surface area contributed by atoms with Crippen LogP contribution in [0.25, 0.3) is 0 Å². The average molecular weight is 561 g/mol. The van der Waals surface area contributed by atoms with Crippen molar-refractivity contribution in [3.05, 3.63) is 61.3 Å². The lowest BCUT2D eigenvalue weighted by Gasteiger charge is -2.37. The van der Waals surface area contributed by atoms with E-state index in [9.17, 15) is 9.70 Å². The number of halogens is 2. The SMILES string of the molecule is C/C(ON)=C(\C(=O)N1CCN(c2ccc(N=O)cc2Cl)CC1)C(I)c1sccc1C. The molecule has 1 aliphatic heterocycles. The van der Waals surface area contributed by atoms with E-state index in [1.54, 1.807) is 36.5 Å². The first-order valence-corrected chi connectivity index (χ1v) is 11.8. The van der Waals surface area contributed by atoms with Gasteiger partial charge in [0.1, 0.15) is 11.4 Å². The summed E-state index contributed by atoms with van der Waals surface area (Å²) in [4.78, 5) is 34.1. The Kier molecular flexibility index (Phi) is 7.72. The molecule has 3 rings (SSSR count). The van der Waals surface area contributed by atoms with Gasteiger partial charge >= 0.3 is 0 Å². The molecule has 0 spiro atoms. The number of anilines is 1. The second-order valence-corrected chi connectivity index (χ2v) is 9.52. The van der Waals surface area contributed by atoms with E-state index in [0.717, 1.165) is 16.1 Å². The highest BCUT2D eigenvalue weighted by molar-refractivity contribution is 14.1. The van der Waals surface area contributed by atoms with Crippen molar-refractivity contribution >= 4 is 62.8 Å². The second kappa shape index (κ2) is 10.1. The summed E-state index contributed by atoms with van der Waals surface area (Å²) < 4.78 is -0.144. The van der Waals surface area contributed by atoms with Crippen molar-refractivity contribution < 1.29 is 9.63 Å². The molecule has 1 aromatic carbocycles. The maximum atomic E-state index is 13.4. The number of nitrogens with zero attached hydrogens (tertiary/aromatic N) is 3. The molecule has 1 atom stereocenters. The minimum atomic E-state index is -0.144. The van der Waals surface area contributed by atoms with Crippen molar-refractivity contribution in [2.45, 2.75) is 17.8 Å². The van der Waals surface area contributed by atoms with Gasteiger partial charge in [-0.25, -0.2) is 0 Å². The van der Waals surface area contributed by atoms with Gasteiger partial charge in [-0.2, -0.15) is 5.90 Å². The molecule has 1 unspecified atom stereocenters. The average Bonchev–Trinajstić information content (AvgIpc) is 3.19. The number of piperazine rings is 1. The van der Waals surface area contributed by atoms with E-state index >= 15 is 0 Å². The van der Waals surface area contributed by atoms with Crippen LogP contribution in [-0.2, 0) is 9.63 Å². The quantitative estimate of drug-likeness (QED) is 0.133. The number of aryl methyl sites for hydroxylation is 1. The first-order valence-electron chi connectivity index (χ1n) is 9.30. The number of carbonyl (C=O) groups is 1. The van der Waals surface area contributed by atoms with Crippen LogP contribution in [0.15, 0.2) is 46.2 Å². The molecule has 1 saturated heterocycles. The van der Waals surface area contributed by atoms with Crippen molar-refractivity contribution in [1.82, 2.24) is 4.90 Å². The number of nitrogens with two attached hydrogens (primary N) is 1. The van der Waals surface area contributed by atoms with E-state index in [1.807, 2.05) is 23.3 Å². The summed E-state index contributed by atoms with van der Waals surface area (Å²) in [6, 6.07) is 7.02. The molecule has 1 aliphatic rings. The number of benzene rings is 1. The van der Waals surface area contributed by atoms with Crippen LogP contribution in [0.1, 0.15) is 21.3 Å². The van der Waals surface area contributed by atoms with E-state index in [2.05, 4.69) is 32.7 Å². The summed E-state index contributed by atoms with van der Waals surface area (Å²) in [7, 11) is 0. The van der Waals surface area contributed by atoms with Gasteiger partial charge in [-0.15, -0.1) is 16.2 Å². The summed E-state index contributed by atoms with van der Waals surface area (Å²) in [5, 5.41) is 5.40. The zero-order chi connectivity index (χ0) is 21.8. The largest absolute Gasteiger partial charge is 0.416 e. The minimum absolute atomic E-state index is 0.0728. The zero-order valence-electron chi connectivity index (χ0n) is 16.6. The Bertz CT molecular complexity index is 973. The van der Waals surface area contributed by atoms with Crippen molar-refractivity contribution in [3.63, 3.8) is 0 Å². The van der Waals surface area contributed by atoms with Gasteiger partial charge in [-0.1, -0.05) is 34.2 Å². The molecule has 0 radical (unpaired) electrons. The van der Waals surface area contributed by atoms with Crippen LogP contribution < -0.4 is 10.8 Å². The van der Waals surface area contributed by atoms with E-state index in [1.165, 1.54) is 0 Å². The van der Waals surface area contributed by atoms with Crippen LogP contribution in [0.3, 0.4) is 0 Å². The molecular weight excluding hydrogens is 539 g/mol. The number of hydrogen-bond donors (Lipinski definition) is 1. The van der Waals surface area contributed by atoms with Crippen molar-refractivity contribution in [1.29, 1.82) is 0 Å². The Morgan fingerprint density at radius 2 is 2.00 bits per heavy atom. The summed E-state index contributed by atoms with van der Waals surface area (Å²) >= 11 is 10.2. The number of carbonyl (C=O) groups excluding carboxylic acids is 1. The third kappa shape index (κ3) is 4.79. The van der Waals surface area contributed by atoms with Gasteiger partial charge in [0.25, 0.3) is 5.91 Å². The summed E-state index contributed by atoms with van der Waals surface area (Å²) in [6.45, 7) is 6.08. The number of rotatable bonds is 6. The Morgan fingerprint density at radius 3 is 2.53 bits per heavy atom. The van der Waals surface area contributed by atoms with Gasteiger partial charge in [0.15, 0.2) is 0 Å². The third-order valence-corrected chi connectivity index (χ3v) is 8.17. The van der Waals surface area contributed by atoms with Crippen LogP contribution in [0.4, 0.5) is 11.4 Å². The third-order valence-electron chi connectivity index (χ3n) is 5.12. The van der Waals surface area contributed by atoms with Crippen molar-refractivity contribution in [2.75, 3.05) is 31.1 Å². The van der Waals surface area contributed by atoms with Crippen LogP contribution in [0.2, 0.25) is 5.02 Å². The number of thiophene rings is 1. The predicted molar refractivity (Wildman–Crippen MR) is 129 cm³/mol. The Labute approximate surface area is 197 Å². The van der Waals surface area contributed by atoms with Gasteiger partial charge in [0, 0.05) is 31.1 Å². The normalized spacial score (nSPS) is 16.2. The molecular formula is C20H22ClIN4O3S. The number of nitroso groups, excluding NO2 is 1. The molecule has 2 heterocycles. The number of amides is 1. The van der Waals surface area contributed by atoms with Gasteiger partial charge in [0.05, 0.1) is 20.2 Å². The maximum absolute atomic E-state index is 13.4. The lowest BCUT2D eigenvalue weighted by molar-refractivity contribution is -0.127. The lowest BCUT2D eigenvalue weighted by Crippen LogP contribution is -2.49. The molecule has 2 aromatic rings. The second-order valence-electron chi connectivity index (χ2n) is 6.92. The zero-order valence-corrected chi connectivity index (χ0v) is 20.3. The monoisotopic (exact) mass is 560 g/mol. The topological polar surface area (TPSA) is 88.2 Å². The fourth-order valence-corrected chi connectivity index (χ4v) is 6.25. The highest BCUT2D eigenvalue weighted by Gasteiger charge is 2.31. The first kappa shape index (κ1) is 23.0. The molecule has 2 N–H and O–H groups in total. The molecule has 0 bridgehead atoms. The molecule has 0 aliphatic carbocycles. The standard InChI is InChI=1S/C20H22ClIN4O3S/c1-12-5-10-30-19(12)18(22)17(13(2)29-23)20(27)26-8-6-25(7-9-26)16-4-3-14(24-28)11-15(16)21/h3-5,10-11,18H,6-9,23H2,1-2H3/b17-13+. The number of hydrogen-bond acceptors (Lipinski definition) is 7. The molecule has 10 heteroatoms. The molecule has 0 saturated carbocycles. The van der Waals surface area contributed by atoms with Gasteiger partial charge in [-0.05, 0) is 54.2 Å². The smallest absolute Gasteiger partial charge is 0.254 e. The van der Waals surface area contributed by atoms with Gasteiger partial charge in [-0.3, -0.25) is 4.79 Å². The van der Waals surface area contributed by atoms with Crippen LogP contribution in [-0.4, -0.2) is 37.0 Å². The minimum Gasteiger partial charge on any atom is -0.416 e. The molecule has 7 nitrogen and oxygen atoms in total. The van der Waals surface area contributed by atoms with Crippen LogP contribution in [0, 0.1) is 11.8 Å². The number of alkyl halides is 1. The van der Waals surface area contributed by atoms with Gasteiger partial charge in [0.2, 0.25) is 0 Å². The molecule has 1 fully saturated rings. The molecule has 1 aromatic heterocycles. The summed E-state index contributed by atoms with van der Waals surface area (Å²) in [5.74, 6) is 5.78.